The van der Waals surface area contributed by atoms with Gasteiger partial charge in [0.05, 0.1) is 27.3 Å². The molecule has 3 aromatic heterocycles. The Bertz CT molecular complexity index is 2240. The van der Waals surface area contributed by atoms with Crippen molar-refractivity contribution in [1.29, 1.82) is 0 Å². The molecule has 3 heterocycles. The molecule has 0 saturated carbocycles. The lowest BCUT2D eigenvalue weighted by atomic mass is 9.81. The summed E-state index contributed by atoms with van der Waals surface area (Å²) in [5.74, 6) is 0. The predicted molar refractivity (Wildman–Crippen MR) is 187 cm³/mol. The Morgan fingerprint density at radius 2 is 1.35 bits per heavy atom. The van der Waals surface area contributed by atoms with Crippen LogP contribution >= 0.6 is 0 Å². The first-order valence-electron chi connectivity index (χ1n) is 16.0. The summed E-state index contributed by atoms with van der Waals surface area (Å²) >= 11 is 0. The third kappa shape index (κ3) is 4.32. The van der Waals surface area contributed by atoms with Gasteiger partial charge < -0.3 is 4.40 Å². The Morgan fingerprint density at radius 3 is 2.02 bits per heavy atom. The fraction of sp³-hybridized carbons (Fsp3) is 0.390. The lowest BCUT2D eigenvalue weighted by Gasteiger charge is -2.25. The van der Waals surface area contributed by atoms with Crippen molar-refractivity contribution in [2.75, 3.05) is 0 Å². The molecule has 0 aliphatic carbocycles. The van der Waals surface area contributed by atoms with Crippen molar-refractivity contribution in [3.8, 4) is 0 Å². The van der Waals surface area contributed by atoms with E-state index in [4.69, 9.17) is 0 Å². The van der Waals surface area contributed by atoms with E-state index >= 15 is 0 Å². The summed E-state index contributed by atoms with van der Waals surface area (Å²) in [7, 11) is 2.23. The summed E-state index contributed by atoms with van der Waals surface area (Å²) in [6, 6.07) is 21.5. The van der Waals surface area contributed by atoms with E-state index < -0.39 is 0 Å². The Morgan fingerprint density at radius 1 is 0.651 bits per heavy atom. The number of hydrogen-bond donors (Lipinski definition) is 0. The second-order valence-corrected chi connectivity index (χ2v) is 16.7. The molecule has 4 aromatic carbocycles. The number of aromatic nitrogens is 2. The van der Waals surface area contributed by atoms with Gasteiger partial charge in [-0.2, -0.15) is 0 Å². The Labute approximate surface area is 256 Å². The minimum atomic E-state index is 0.0874. The van der Waals surface area contributed by atoms with Gasteiger partial charge in [0.2, 0.25) is 5.52 Å². The van der Waals surface area contributed by atoms with Gasteiger partial charge in [0.25, 0.3) is 0 Å². The first-order chi connectivity index (χ1) is 20.0. The van der Waals surface area contributed by atoms with Crippen molar-refractivity contribution < 1.29 is 4.57 Å². The lowest BCUT2D eigenvalue weighted by molar-refractivity contribution is -0.643. The van der Waals surface area contributed by atoms with E-state index in [0.29, 0.717) is 0 Å². The summed E-state index contributed by atoms with van der Waals surface area (Å²) in [6.07, 6.45) is 4.33. The fourth-order valence-electron chi connectivity index (χ4n) is 7.68. The number of rotatable bonds is 2. The molecule has 0 bridgehead atoms. The lowest BCUT2D eigenvalue weighted by Crippen LogP contribution is -2.29. The zero-order valence-corrected chi connectivity index (χ0v) is 28.1. The minimum absolute atomic E-state index is 0.0874. The maximum atomic E-state index is 2.65. The zero-order valence-electron chi connectivity index (χ0n) is 28.1. The molecule has 0 fully saturated rings. The monoisotopic (exact) mass is 567 g/mol. The molecule has 0 spiro atoms. The third-order valence-electron chi connectivity index (χ3n) is 9.51. The van der Waals surface area contributed by atoms with E-state index in [9.17, 15) is 0 Å². The largest absolute Gasteiger partial charge is 0.307 e. The molecule has 43 heavy (non-hydrogen) atoms. The standard InChI is InChI=1S/C41H47N2/c1-24-30-20-25(22-39(2,3)4)12-15-28(30)32(23-40(5,6)7)37-34(24)38-35-26(18-19-42(38)11)13-16-29-31-21-27(41(8,9)10)14-17-33(31)43(37)36(29)35/h12-21H,22-23H2,1-11H3/q+1. The van der Waals surface area contributed by atoms with Crippen LogP contribution < -0.4 is 4.57 Å². The summed E-state index contributed by atoms with van der Waals surface area (Å²) in [5.41, 5.74) is 11.5. The molecule has 0 atom stereocenters. The number of pyridine rings is 2. The van der Waals surface area contributed by atoms with E-state index in [1.165, 1.54) is 82.0 Å². The first kappa shape index (κ1) is 28.1. The topological polar surface area (TPSA) is 8.29 Å². The SMILES string of the molecule is Cc1c2cc(CC(C)(C)C)ccc2c(CC(C)(C)C)c2c1c1c3c(ccc4c5cc(C(C)(C)C)ccc5n2c43)cc[n+]1C. The molecule has 0 amide bonds. The maximum Gasteiger partial charge on any atom is 0.224 e. The van der Waals surface area contributed by atoms with Crippen molar-refractivity contribution in [2.24, 2.45) is 17.9 Å². The third-order valence-corrected chi connectivity index (χ3v) is 9.51. The van der Waals surface area contributed by atoms with Crippen LogP contribution in [0.5, 0.6) is 0 Å². The molecule has 0 aliphatic rings. The van der Waals surface area contributed by atoms with Crippen molar-refractivity contribution in [3.63, 3.8) is 0 Å². The van der Waals surface area contributed by atoms with E-state index in [2.05, 4.69) is 146 Å². The van der Waals surface area contributed by atoms with Gasteiger partial charge in [-0.05, 0) is 86.6 Å². The van der Waals surface area contributed by atoms with Gasteiger partial charge in [-0.1, -0.05) is 98.7 Å². The van der Waals surface area contributed by atoms with Crippen LogP contribution in [0.2, 0.25) is 0 Å². The molecule has 220 valence electrons. The van der Waals surface area contributed by atoms with Crippen molar-refractivity contribution in [2.45, 2.75) is 87.5 Å². The molecular weight excluding hydrogens is 520 g/mol. The number of nitrogens with zero attached hydrogens (tertiary/aromatic N) is 2. The highest BCUT2D eigenvalue weighted by Crippen LogP contribution is 2.46. The van der Waals surface area contributed by atoms with Crippen molar-refractivity contribution in [3.05, 3.63) is 83.0 Å². The number of fused-ring (bicyclic) bond motifs is 7. The quantitative estimate of drug-likeness (QED) is 0.112. The van der Waals surface area contributed by atoms with Crippen LogP contribution in [0, 0.1) is 17.8 Å². The van der Waals surface area contributed by atoms with Crippen molar-refractivity contribution in [1.82, 2.24) is 4.40 Å². The molecule has 7 rings (SSSR count). The van der Waals surface area contributed by atoms with Gasteiger partial charge in [0, 0.05) is 16.8 Å². The Balaban J connectivity index is 1.80. The molecular formula is C41H47N2+. The molecule has 0 saturated heterocycles. The summed E-state index contributed by atoms with van der Waals surface area (Å²) < 4.78 is 5.03. The number of benzene rings is 4. The Kier molecular flexibility index (Phi) is 5.85. The van der Waals surface area contributed by atoms with Gasteiger partial charge in [-0.25, -0.2) is 4.57 Å². The van der Waals surface area contributed by atoms with E-state index in [1.54, 1.807) is 0 Å². The van der Waals surface area contributed by atoms with Crippen LogP contribution in [0.3, 0.4) is 0 Å². The molecule has 0 aliphatic heterocycles. The van der Waals surface area contributed by atoms with Crippen LogP contribution in [-0.4, -0.2) is 4.40 Å². The summed E-state index contributed by atoms with van der Waals surface area (Å²) in [4.78, 5) is 0. The smallest absolute Gasteiger partial charge is 0.224 e. The maximum absolute atomic E-state index is 2.65. The normalized spacial score (nSPS) is 13.7. The second kappa shape index (κ2) is 8.94. The van der Waals surface area contributed by atoms with Crippen LogP contribution in [0.25, 0.3) is 59.8 Å². The van der Waals surface area contributed by atoms with Gasteiger partial charge >= 0.3 is 0 Å². The van der Waals surface area contributed by atoms with Gasteiger partial charge in [-0.3, -0.25) is 0 Å². The van der Waals surface area contributed by atoms with Crippen LogP contribution in [0.1, 0.15) is 84.6 Å². The highest BCUT2D eigenvalue weighted by molar-refractivity contribution is 6.29. The highest BCUT2D eigenvalue weighted by atomic mass is 15.0. The summed E-state index contributed by atoms with van der Waals surface area (Å²) in [5, 5.41) is 9.59. The minimum Gasteiger partial charge on any atom is -0.307 e. The Hall–Kier alpha value is -3.65. The molecule has 2 nitrogen and oxygen atoms in total. The molecule has 2 heteroatoms. The summed E-state index contributed by atoms with van der Waals surface area (Å²) in [6.45, 7) is 23.5. The molecule has 7 aromatic rings. The van der Waals surface area contributed by atoms with E-state index in [0.717, 1.165) is 12.8 Å². The van der Waals surface area contributed by atoms with E-state index in [-0.39, 0.29) is 16.2 Å². The average Bonchev–Trinajstić information content (AvgIpc) is 3.23. The van der Waals surface area contributed by atoms with Crippen LogP contribution in [-0.2, 0) is 25.3 Å². The van der Waals surface area contributed by atoms with Crippen LogP contribution in [0.4, 0.5) is 0 Å². The van der Waals surface area contributed by atoms with Gasteiger partial charge in [0.1, 0.15) is 7.05 Å². The highest BCUT2D eigenvalue weighted by Gasteiger charge is 2.29. The van der Waals surface area contributed by atoms with Crippen LogP contribution in [0.15, 0.2) is 60.8 Å². The molecule has 0 radical (unpaired) electrons. The number of aryl methyl sites for hydroxylation is 2. The van der Waals surface area contributed by atoms with Gasteiger partial charge in [-0.15, -0.1) is 0 Å². The molecule has 0 unspecified atom stereocenters. The zero-order chi connectivity index (χ0) is 30.8. The van der Waals surface area contributed by atoms with E-state index in [1.807, 2.05) is 0 Å². The first-order valence-corrected chi connectivity index (χ1v) is 16.0. The predicted octanol–water partition coefficient (Wildman–Crippen LogP) is 10.8. The fourth-order valence-corrected chi connectivity index (χ4v) is 7.68. The second-order valence-electron chi connectivity index (χ2n) is 16.7. The van der Waals surface area contributed by atoms with Gasteiger partial charge in [0.15, 0.2) is 6.20 Å². The average molecular weight is 568 g/mol. The number of hydrogen-bond acceptors (Lipinski definition) is 0. The molecule has 0 N–H and O–H groups in total. The van der Waals surface area contributed by atoms with Crippen molar-refractivity contribution >= 4 is 59.8 Å².